The molecule has 0 atom stereocenters. The zero-order valence-corrected chi connectivity index (χ0v) is 12.8. The van der Waals surface area contributed by atoms with E-state index in [1.165, 1.54) is 29.3 Å². The number of methoxy groups -OCH3 is 1. The Hall–Kier alpha value is -2.95. The van der Waals surface area contributed by atoms with Crippen molar-refractivity contribution < 1.29 is 13.9 Å². The molecule has 0 saturated heterocycles. The summed E-state index contributed by atoms with van der Waals surface area (Å²) in [5.74, 6) is 0.170. The highest BCUT2D eigenvalue weighted by atomic mass is 19.1. The molecule has 0 unspecified atom stereocenters. The van der Waals surface area contributed by atoms with Crippen molar-refractivity contribution in [3.05, 3.63) is 65.5 Å². The molecular weight excluding hydrogens is 295 g/mol. The van der Waals surface area contributed by atoms with Crippen LogP contribution in [-0.4, -0.2) is 18.7 Å². The maximum absolute atomic E-state index is 13.0. The fourth-order valence-electron chi connectivity index (χ4n) is 2.31. The fraction of sp³-hybridized carbons (Fsp3) is 0.111. The van der Waals surface area contributed by atoms with E-state index in [-0.39, 0.29) is 11.7 Å². The smallest absolute Gasteiger partial charge is 0.280 e. The van der Waals surface area contributed by atoms with Gasteiger partial charge in [0.05, 0.1) is 24.1 Å². The predicted octanol–water partition coefficient (Wildman–Crippen LogP) is 3.64. The molecule has 0 fully saturated rings. The van der Waals surface area contributed by atoms with Crippen molar-refractivity contribution >= 4 is 23.4 Å². The molecule has 0 saturated carbocycles. The Morgan fingerprint density at radius 2 is 1.74 bits per heavy atom. The van der Waals surface area contributed by atoms with Crippen LogP contribution in [0.5, 0.6) is 5.75 Å². The molecule has 0 spiro atoms. The molecule has 1 amide bonds. The molecule has 3 rings (SSSR count). The van der Waals surface area contributed by atoms with Crippen LogP contribution in [0.1, 0.15) is 12.5 Å². The van der Waals surface area contributed by atoms with Crippen LogP contribution in [0.15, 0.2) is 59.2 Å². The number of halogens is 1. The van der Waals surface area contributed by atoms with Crippen molar-refractivity contribution in [2.24, 2.45) is 5.10 Å². The van der Waals surface area contributed by atoms with Crippen molar-refractivity contribution in [2.45, 2.75) is 6.92 Å². The van der Waals surface area contributed by atoms with Gasteiger partial charge in [0, 0.05) is 0 Å². The summed E-state index contributed by atoms with van der Waals surface area (Å²) < 4.78 is 18.1. The molecule has 0 N–H and O–H groups in total. The van der Waals surface area contributed by atoms with Crippen LogP contribution >= 0.6 is 0 Å². The maximum atomic E-state index is 13.0. The van der Waals surface area contributed by atoms with Crippen molar-refractivity contribution in [2.75, 3.05) is 12.1 Å². The molecule has 23 heavy (non-hydrogen) atoms. The van der Waals surface area contributed by atoms with Crippen LogP contribution in [0.25, 0.3) is 6.08 Å². The highest BCUT2D eigenvalue weighted by molar-refractivity contribution is 6.32. The van der Waals surface area contributed by atoms with Crippen molar-refractivity contribution in [3.63, 3.8) is 0 Å². The molecular formula is C18H15FN2O2. The van der Waals surface area contributed by atoms with Crippen LogP contribution < -0.4 is 9.75 Å². The molecule has 116 valence electrons. The topological polar surface area (TPSA) is 41.9 Å². The van der Waals surface area contributed by atoms with Crippen molar-refractivity contribution in [3.8, 4) is 5.75 Å². The van der Waals surface area contributed by atoms with Gasteiger partial charge in [-0.05, 0) is 55.0 Å². The Kier molecular flexibility index (Phi) is 3.93. The van der Waals surface area contributed by atoms with Gasteiger partial charge in [0.2, 0.25) is 0 Å². The summed E-state index contributed by atoms with van der Waals surface area (Å²) in [7, 11) is 1.60. The number of rotatable bonds is 3. The normalized spacial score (nSPS) is 16.0. The maximum Gasteiger partial charge on any atom is 0.280 e. The quantitative estimate of drug-likeness (QED) is 0.812. The third-order valence-electron chi connectivity index (χ3n) is 3.56. The molecule has 1 heterocycles. The second kappa shape index (κ2) is 6.04. The predicted molar refractivity (Wildman–Crippen MR) is 88.0 cm³/mol. The Morgan fingerprint density at radius 1 is 1.09 bits per heavy atom. The zero-order valence-electron chi connectivity index (χ0n) is 12.8. The largest absolute Gasteiger partial charge is 0.497 e. The van der Waals surface area contributed by atoms with Crippen LogP contribution in [0.2, 0.25) is 0 Å². The van der Waals surface area contributed by atoms with Crippen LogP contribution in [-0.2, 0) is 4.79 Å². The summed E-state index contributed by atoms with van der Waals surface area (Å²) in [6.45, 7) is 1.77. The summed E-state index contributed by atoms with van der Waals surface area (Å²) in [5, 5.41) is 5.55. The van der Waals surface area contributed by atoms with Gasteiger partial charge in [-0.25, -0.2) is 4.39 Å². The summed E-state index contributed by atoms with van der Waals surface area (Å²) in [5.41, 5.74) is 2.55. The van der Waals surface area contributed by atoms with E-state index in [4.69, 9.17) is 4.74 Å². The Bertz CT molecular complexity index is 793. The molecule has 0 bridgehead atoms. The van der Waals surface area contributed by atoms with Gasteiger partial charge in [-0.2, -0.15) is 10.1 Å². The monoisotopic (exact) mass is 310 g/mol. The van der Waals surface area contributed by atoms with E-state index in [1.54, 1.807) is 20.1 Å². The SMILES string of the molecule is COc1ccc(C=C2C(=O)N(c3ccc(F)cc3)N=C2C)cc1. The lowest BCUT2D eigenvalue weighted by Crippen LogP contribution is -2.21. The van der Waals surface area contributed by atoms with E-state index in [0.717, 1.165) is 11.3 Å². The number of anilines is 1. The molecule has 0 aromatic heterocycles. The number of benzene rings is 2. The minimum atomic E-state index is -0.352. The van der Waals surface area contributed by atoms with Gasteiger partial charge >= 0.3 is 0 Å². The molecule has 2 aromatic rings. The van der Waals surface area contributed by atoms with Gasteiger partial charge in [-0.3, -0.25) is 4.79 Å². The molecule has 5 heteroatoms. The molecule has 2 aromatic carbocycles. The average Bonchev–Trinajstić information content (AvgIpc) is 2.84. The second-order valence-corrected chi connectivity index (χ2v) is 5.11. The van der Waals surface area contributed by atoms with Gasteiger partial charge in [-0.1, -0.05) is 12.1 Å². The second-order valence-electron chi connectivity index (χ2n) is 5.11. The van der Waals surface area contributed by atoms with Crippen LogP contribution in [0.4, 0.5) is 10.1 Å². The first kappa shape index (κ1) is 15.0. The molecule has 0 radical (unpaired) electrons. The number of hydrazone groups is 1. The minimum Gasteiger partial charge on any atom is -0.497 e. The van der Waals surface area contributed by atoms with Crippen molar-refractivity contribution in [1.29, 1.82) is 0 Å². The third-order valence-corrected chi connectivity index (χ3v) is 3.56. The van der Waals surface area contributed by atoms with Gasteiger partial charge < -0.3 is 4.74 Å². The summed E-state index contributed by atoms with van der Waals surface area (Å²) in [6, 6.07) is 13.1. The van der Waals surface area contributed by atoms with E-state index in [9.17, 15) is 9.18 Å². The molecule has 4 nitrogen and oxygen atoms in total. The number of nitrogens with zero attached hydrogens (tertiary/aromatic N) is 2. The number of ether oxygens (including phenoxy) is 1. The first-order chi connectivity index (χ1) is 11.1. The lowest BCUT2D eigenvalue weighted by molar-refractivity contribution is -0.114. The van der Waals surface area contributed by atoms with Gasteiger partial charge in [-0.15, -0.1) is 0 Å². The summed E-state index contributed by atoms with van der Waals surface area (Å²) >= 11 is 0. The standard InChI is InChI=1S/C18H15FN2O2/c1-12-17(11-13-3-9-16(23-2)10-4-13)18(22)21(20-12)15-7-5-14(19)6-8-15/h3-11H,1-2H3. The number of carbonyl (C=O) groups is 1. The number of carbonyl (C=O) groups excluding carboxylic acids is 1. The Labute approximate surface area is 133 Å². The highest BCUT2D eigenvalue weighted by Gasteiger charge is 2.28. The number of hydrogen-bond acceptors (Lipinski definition) is 3. The molecule has 0 aliphatic carbocycles. The van der Waals surface area contributed by atoms with E-state index >= 15 is 0 Å². The van der Waals surface area contributed by atoms with Crippen molar-refractivity contribution in [1.82, 2.24) is 0 Å². The lowest BCUT2D eigenvalue weighted by Gasteiger charge is -2.11. The van der Waals surface area contributed by atoms with Crippen LogP contribution in [0, 0.1) is 5.82 Å². The summed E-state index contributed by atoms with van der Waals surface area (Å²) in [6.07, 6.45) is 1.78. The lowest BCUT2D eigenvalue weighted by atomic mass is 10.1. The van der Waals surface area contributed by atoms with Crippen LogP contribution in [0.3, 0.4) is 0 Å². The zero-order chi connectivity index (χ0) is 16.4. The first-order valence-corrected chi connectivity index (χ1v) is 7.10. The number of amides is 1. The highest BCUT2D eigenvalue weighted by Crippen LogP contribution is 2.25. The third kappa shape index (κ3) is 2.99. The van der Waals surface area contributed by atoms with E-state index in [2.05, 4.69) is 5.10 Å². The van der Waals surface area contributed by atoms with E-state index in [1.807, 2.05) is 24.3 Å². The molecule has 1 aliphatic heterocycles. The van der Waals surface area contributed by atoms with Gasteiger partial charge in [0.1, 0.15) is 11.6 Å². The number of hydrogen-bond donors (Lipinski definition) is 0. The average molecular weight is 310 g/mol. The fourth-order valence-corrected chi connectivity index (χ4v) is 2.31. The first-order valence-electron chi connectivity index (χ1n) is 7.10. The van der Waals surface area contributed by atoms with Gasteiger partial charge in [0.25, 0.3) is 5.91 Å². The summed E-state index contributed by atoms with van der Waals surface area (Å²) in [4.78, 5) is 12.6. The molecule has 1 aliphatic rings. The Morgan fingerprint density at radius 3 is 2.35 bits per heavy atom. The Balaban J connectivity index is 1.89. The van der Waals surface area contributed by atoms with E-state index < -0.39 is 0 Å². The minimum absolute atomic E-state index is 0.232. The van der Waals surface area contributed by atoms with E-state index in [0.29, 0.717) is 17.0 Å². The van der Waals surface area contributed by atoms with Gasteiger partial charge in [0.15, 0.2) is 0 Å².